The standard InChI is InChI=1S/C21H24BrNO2/c1-15-4-2-3-5-19(15)20(16-6-8-18(22)9-7-16)14-21(23-24)17-10-12-25-13-11-17/h2-9,17,20,24H,10-14H2,1H3/b23-21+. The first-order chi connectivity index (χ1) is 12.2. The van der Waals surface area contributed by atoms with E-state index in [1.807, 2.05) is 0 Å². The first-order valence-electron chi connectivity index (χ1n) is 8.78. The minimum atomic E-state index is 0.183. The summed E-state index contributed by atoms with van der Waals surface area (Å²) in [7, 11) is 0. The van der Waals surface area contributed by atoms with Crippen LogP contribution in [0.5, 0.6) is 0 Å². The molecule has 1 atom stereocenters. The topological polar surface area (TPSA) is 41.8 Å². The first kappa shape index (κ1) is 18.2. The van der Waals surface area contributed by atoms with Crippen molar-refractivity contribution in [2.75, 3.05) is 13.2 Å². The molecule has 132 valence electrons. The Morgan fingerprint density at radius 2 is 1.84 bits per heavy atom. The van der Waals surface area contributed by atoms with Crippen LogP contribution >= 0.6 is 15.9 Å². The third-order valence-corrected chi connectivity index (χ3v) is 5.60. The molecule has 0 amide bonds. The fourth-order valence-corrected chi connectivity index (χ4v) is 3.87. The van der Waals surface area contributed by atoms with E-state index >= 15 is 0 Å². The summed E-state index contributed by atoms with van der Waals surface area (Å²) < 4.78 is 6.53. The van der Waals surface area contributed by atoms with Gasteiger partial charge in [0.05, 0.1) is 5.71 Å². The van der Waals surface area contributed by atoms with E-state index in [1.165, 1.54) is 16.7 Å². The van der Waals surface area contributed by atoms with Gasteiger partial charge in [0, 0.05) is 35.9 Å². The Kier molecular flexibility index (Phi) is 6.27. The molecule has 3 rings (SSSR count). The predicted molar refractivity (Wildman–Crippen MR) is 105 cm³/mol. The highest BCUT2D eigenvalue weighted by Gasteiger charge is 2.25. The number of aryl methyl sites for hydroxylation is 1. The Morgan fingerprint density at radius 1 is 1.16 bits per heavy atom. The van der Waals surface area contributed by atoms with Crippen molar-refractivity contribution in [3.05, 3.63) is 69.7 Å². The molecule has 2 aromatic rings. The molecule has 0 saturated carbocycles. The van der Waals surface area contributed by atoms with Gasteiger partial charge in [0.25, 0.3) is 0 Å². The fourth-order valence-electron chi connectivity index (χ4n) is 3.61. The van der Waals surface area contributed by atoms with Crippen LogP contribution in [0.4, 0.5) is 0 Å². The maximum absolute atomic E-state index is 9.67. The second kappa shape index (κ2) is 8.63. The zero-order valence-corrected chi connectivity index (χ0v) is 16.1. The summed E-state index contributed by atoms with van der Waals surface area (Å²) in [5, 5.41) is 13.4. The molecule has 1 aliphatic heterocycles. The van der Waals surface area contributed by atoms with Crippen molar-refractivity contribution in [1.29, 1.82) is 0 Å². The molecule has 4 heteroatoms. The second-order valence-corrected chi connectivity index (χ2v) is 7.56. The van der Waals surface area contributed by atoms with Crippen molar-refractivity contribution in [2.24, 2.45) is 11.1 Å². The van der Waals surface area contributed by atoms with E-state index in [9.17, 15) is 5.21 Å². The third kappa shape index (κ3) is 4.50. The normalized spacial score (nSPS) is 17.4. The number of nitrogens with zero attached hydrogens (tertiary/aromatic N) is 1. The van der Waals surface area contributed by atoms with Crippen molar-refractivity contribution in [2.45, 2.75) is 32.1 Å². The van der Waals surface area contributed by atoms with Gasteiger partial charge in [-0.2, -0.15) is 0 Å². The minimum Gasteiger partial charge on any atom is -0.411 e. The summed E-state index contributed by atoms with van der Waals surface area (Å²) >= 11 is 3.51. The molecule has 1 aliphatic rings. The van der Waals surface area contributed by atoms with E-state index in [2.05, 4.69) is 76.5 Å². The van der Waals surface area contributed by atoms with Gasteiger partial charge in [-0.05, 0) is 48.6 Å². The molecule has 0 radical (unpaired) electrons. The third-order valence-electron chi connectivity index (χ3n) is 5.07. The van der Waals surface area contributed by atoms with Gasteiger partial charge in [0.15, 0.2) is 0 Å². The Morgan fingerprint density at radius 3 is 2.48 bits per heavy atom. The predicted octanol–water partition coefficient (Wildman–Crippen LogP) is 5.54. The first-order valence-corrected chi connectivity index (χ1v) is 9.58. The van der Waals surface area contributed by atoms with Crippen molar-refractivity contribution in [3.63, 3.8) is 0 Å². The lowest BCUT2D eigenvalue weighted by Gasteiger charge is -2.27. The van der Waals surface area contributed by atoms with Crippen LogP contribution in [0.2, 0.25) is 0 Å². The molecular formula is C21H24BrNO2. The summed E-state index contributed by atoms with van der Waals surface area (Å²) in [6, 6.07) is 16.9. The summed E-state index contributed by atoms with van der Waals surface area (Å²) in [4.78, 5) is 0. The molecule has 1 unspecified atom stereocenters. The average molecular weight is 402 g/mol. The van der Waals surface area contributed by atoms with Crippen molar-refractivity contribution in [1.82, 2.24) is 0 Å². The maximum atomic E-state index is 9.67. The Balaban J connectivity index is 1.93. The zero-order valence-electron chi connectivity index (χ0n) is 14.5. The lowest BCUT2D eigenvalue weighted by molar-refractivity contribution is 0.0814. The van der Waals surface area contributed by atoms with Gasteiger partial charge in [-0.25, -0.2) is 0 Å². The van der Waals surface area contributed by atoms with Gasteiger partial charge in [0.1, 0.15) is 0 Å². The van der Waals surface area contributed by atoms with Crippen LogP contribution in [-0.2, 0) is 4.74 Å². The molecule has 1 saturated heterocycles. The largest absolute Gasteiger partial charge is 0.411 e. The Bertz CT molecular complexity index is 721. The number of ether oxygens (including phenoxy) is 1. The summed E-state index contributed by atoms with van der Waals surface area (Å²) in [6.45, 7) is 3.64. The molecule has 3 nitrogen and oxygen atoms in total. The van der Waals surface area contributed by atoms with Gasteiger partial charge in [0.2, 0.25) is 0 Å². The van der Waals surface area contributed by atoms with E-state index in [0.29, 0.717) is 5.92 Å². The van der Waals surface area contributed by atoms with Gasteiger partial charge in [-0.1, -0.05) is 57.5 Å². The molecule has 2 aromatic carbocycles. The lowest BCUT2D eigenvalue weighted by Crippen LogP contribution is -2.25. The molecule has 1 heterocycles. The highest BCUT2D eigenvalue weighted by Crippen LogP contribution is 2.34. The highest BCUT2D eigenvalue weighted by atomic mass is 79.9. The second-order valence-electron chi connectivity index (χ2n) is 6.64. The minimum absolute atomic E-state index is 0.183. The number of halogens is 1. The molecule has 0 aromatic heterocycles. The number of oxime groups is 1. The fraction of sp³-hybridized carbons (Fsp3) is 0.381. The Labute approximate surface area is 157 Å². The van der Waals surface area contributed by atoms with Crippen LogP contribution in [-0.4, -0.2) is 24.1 Å². The van der Waals surface area contributed by atoms with Crippen LogP contribution in [0, 0.1) is 12.8 Å². The van der Waals surface area contributed by atoms with Gasteiger partial charge >= 0.3 is 0 Å². The van der Waals surface area contributed by atoms with Crippen LogP contribution in [0.3, 0.4) is 0 Å². The SMILES string of the molecule is Cc1ccccc1C(C/C(=N\O)C1CCOCC1)c1ccc(Br)cc1. The molecule has 1 fully saturated rings. The van der Waals surface area contributed by atoms with Crippen LogP contribution in [0.15, 0.2) is 58.2 Å². The molecule has 1 N–H and O–H groups in total. The molecule has 0 aliphatic carbocycles. The highest BCUT2D eigenvalue weighted by molar-refractivity contribution is 9.10. The number of rotatable bonds is 5. The van der Waals surface area contributed by atoms with Crippen molar-refractivity contribution < 1.29 is 9.94 Å². The van der Waals surface area contributed by atoms with E-state index in [-0.39, 0.29) is 5.92 Å². The number of hydrogen-bond donors (Lipinski definition) is 1. The number of hydrogen-bond acceptors (Lipinski definition) is 3. The van der Waals surface area contributed by atoms with E-state index in [0.717, 1.165) is 42.7 Å². The molecule has 0 spiro atoms. The molecule has 0 bridgehead atoms. The zero-order chi connectivity index (χ0) is 17.6. The van der Waals surface area contributed by atoms with Crippen LogP contribution in [0.25, 0.3) is 0 Å². The van der Waals surface area contributed by atoms with Crippen molar-refractivity contribution in [3.8, 4) is 0 Å². The molecule has 25 heavy (non-hydrogen) atoms. The maximum Gasteiger partial charge on any atom is 0.0612 e. The Hall–Kier alpha value is -1.65. The molecular weight excluding hydrogens is 378 g/mol. The van der Waals surface area contributed by atoms with Gasteiger partial charge in [-0.3, -0.25) is 0 Å². The van der Waals surface area contributed by atoms with E-state index in [4.69, 9.17) is 4.74 Å². The summed E-state index contributed by atoms with van der Waals surface area (Å²) in [5.74, 6) is 0.490. The van der Waals surface area contributed by atoms with Crippen molar-refractivity contribution >= 4 is 21.6 Å². The number of benzene rings is 2. The summed E-state index contributed by atoms with van der Waals surface area (Å²) in [5.41, 5.74) is 4.68. The van der Waals surface area contributed by atoms with Gasteiger partial charge < -0.3 is 9.94 Å². The summed E-state index contributed by atoms with van der Waals surface area (Å²) in [6.07, 6.45) is 2.59. The van der Waals surface area contributed by atoms with E-state index < -0.39 is 0 Å². The smallest absolute Gasteiger partial charge is 0.0612 e. The van der Waals surface area contributed by atoms with E-state index in [1.54, 1.807) is 0 Å². The lowest BCUT2D eigenvalue weighted by atomic mass is 9.81. The van der Waals surface area contributed by atoms with Crippen LogP contribution < -0.4 is 0 Å². The van der Waals surface area contributed by atoms with Crippen LogP contribution in [0.1, 0.15) is 41.9 Å². The quantitative estimate of drug-likeness (QED) is 0.406. The average Bonchev–Trinajstić information content (AvgIpc) is 2.65. The van der Waals surface area contributed by atoms with Gasteiger partial charge in [-0.15, -0.1) is 0 Å². The monoisotopic (exact) mass is 401 g/mol.